The number of nitrogens with zero attached hydrogens (tertiary/aromatic N) is 1. The standard InChI is InChI=1S/C15H22FNO3/c1-4-11(5-2)17(8-9-18)15(19)13-7-6-12(20-3)10-14(13)16/h6-7,10-11,18H,4-5,8-9H2,1-3H3. The Balaban J connectivity index is 3.05. The number of aliphatic hydroxyl groups is 1. The number of methoxy groups -OCH3 is 1. The summed E-state index contributed by atoms with van der Waals surface area (Å²) in [6.07, 6.45) is 1.53. The van der Waals surface area contributed by atoms with Gasteiger partial charge in [0.05, 0.1) is 19.3 Å². The van der Waals surface area contributed by atoms with Crippen LogP contribution in [-0.2, 0) is 0 Å². The maximum Gasteiger partial charge on any atom is 0.257 e. The Labute approximate surface area is 119 Å². The largest absolute Gasteiger partial charge is 0.497 e. The third kappa shape index (κ3) is 3.70. The maximum absolute atomic E-state index is 14.0. The molecule has 112 valence electrons. The normalized spacial score (nSPS) is 10.7. The van der Waals surface area contributed by atoms with Crippen molar-refractivity contribution >= 4 is 5.91 Å². The number of aliphatic hydroxyl groups excluding tert-OH is 1. The number of hydrogen-bond acceptors (Lipinski definition) is 3. The molecule has 0 saturated heterocycles. The lowest BCUT2D eigenvalue weighted by molar-refractivity contribution is 0.0617. The Kier molecular flexibility index (Phi) is 6.45. The van der Waals surface area contributed by atoms with Crippen molar-refractivity contribution in [3.8, 4) is 5.75 Å². The Morgan fingerprint density at radius 1 is 1.40 bits per heavy atom. The molecule has 4 nitrogen and oxygen atoms in total. The van der Waals surface area contributed by atoms with Crippen molar-refractivity contribution < 1.29 is 19.0 Å². The van der Waals surface area contributed by atoms with Crippen LogP contribution in [0.1, 0.15) is 37.0 Å². The van der Waals surface area contributed by atoms with Gasteiger partial charge >= 0.3 is 0 Å². The molecule has 5 heteroatoms. The number of ether oxygens (including phenoxy) is 1. The molecule has 1 rings (SSSR count). The van der Waals surface area contributed by atoms with Gasteiger partial charge in [0.25, 0.3) is 5.91 Å². The van der Waals surface area contributed by atoms with Crippen LogP contribution in [0.2, 0.25) is 0 Å². The number of carbonyl (C=O) groups is 1. The topological polar surface area (TPSA) is 49.8 Å². The van der Waals surface area contributed by atoms with Gasteiger partial charge in [-0.2, -0.15) is 0 Å². The van der Waals surface area contributed by atoms with Crippen molar-refractivity contribution in [3.05, 3.63) is 29.6 Å². The molecule has 1 amide bonds. The van der Waals surface area contributed by atoms with Crippen LogP contribution in [0.15, 0.2) is 18.2 Å². The fourth-order valence-electron chi connectivity index (χ4n) is 2.24. The van der Waals surface area contributed by atoms with E-state index in [1.807, 2.05) is 13.8 Å². The van der Waals surface area contributed by atoms with E-state index in [1.54, 1.807) is 6.07 Å². The lowest BCUT2D eigenvalue weighted by atomic mass is 10.1. The van der Waals surface area contributed by atoms with Gasteiger partial charge in [0.2, 0.25) is 0 Å². The van der Waals surface area contributed by atoms with E-state index in [-0.39, 0.29) is 24.8 Å². The summed E-state index contributed by atoms with van der Waals surface area (Å²) in [6, 6.07) is 4.16. The molecule has 0 aliphatic heterocycles. The highest BCUT2D eigenvalue weighted by Gasteiger charge is 2.24. The second-order valence-electron chi connectivity index (χ2n) is 4.54. The second-order valence-corrected chi connectivity index (χ2v) is 4.54. The molecule has 0 aromatic heterocycles. The van der Waals surface area contributed by atoms with Crippen LogP contribution in [0.5, 0.6) is 5.75 Å². The second kappa shape index (κ2) is 7.85. The van der Waals surface area contributed by atoms with Crippen molar-refractivity contribution in [1.82, 2.24) is 4.90 Å². The summed E-state index contributed by atoms with van der Waals surface area (Å²) >= 11 is 0. The molecule has 1 aromatic carbocycles. The summed E-state index contributed by atoms with van der Waals surface area (Å²) in [5.41, 5.74) is 0.00569. The molecule has 0 saturated carbocycles. The summed E-state index contributed by atoms with van der Waals surface area (Å²) in [4.78, 5) is 14.0. The highest BCUT2D eigenvalue weighted by atomic mass is 19.1. The molecule has 0 bridgehead atoms. The summed E-state index contributed by atoms with van der Waals surface area (Å²) in [7, 11) is 1.44. The molecule has 0 aliphatic carbocycles. The number of amides is 1. The molecule has 20 heavy (non-hydrogen) atoms. The first-order valence-electron chi connectivity index (χ1n) is 6.84. The van der Waals surface area contributed by atoms with Crippen LogP contribution in [0, 0.1) is 5.82 Å². The molecular formula is C15H22FNO3. The predicted molar refractivity (Wildman–Crippen MR) is 75.4 cm³/mol. The van der Waals surface area contributed by atoms with E-state index in [0.717, 1.165) is 12.8 Å². The quantitative estimate of drug-likeness (QED) is 0.836. The third-order valence-electron chi connectivity index (χ3n) is 3.39. The number of benzene rings is 1. The minimum atomic E-state index is -0.608. The summed E-state index contributed by atoms with van der Waals surface area (Å²) in [6.45, 7) is 4.00. The molecule has 1 aromatic rings. The fraction of sp³-hybridized carbons (Fsp3) is 0.533. The molecule has 0 fully saturated rings. The molecular weight excluding hydrogens is 261 g/mol. The molecule has 0 unspecified atom stereocenters. The maximum atomic E-state index is 14.0. The van der Waals surface area contributed by atoms with Gasteiger partial charge < -0.3 is 14.7 Å². The van der Waals surface area contributed by atoms with Crippen LogP contribution in [0.25, 0.3) is 0 Å². The van der Waals surface area contributed by atoms with Crippen molar-refractivity contribution in [1.29, 1.82) is 0 Å². The van der Waals surface area contributed by atoms with Gasteiger partial charge in [0.1, 0.15) is 11.6 Å². The molecule has 0 atom stereocenters. The Morgan fingerprint density at radius 2 is 2.05 bits per heavy atom. The van der Waals surface area contributed by atoms with Gasteiger partial charge in [-0.15, -0.1) is 0 Å². The van der Waals surface area contributed by atoms with Crippen molar-refractivity contribution in [2.24, 2.45) is 0 Å². The van der Waals surface area contributed by atoms with Crippen LogP contribution in [0.3, 0.4) is 0 Å². The highest BCUT2D eigenvalue weighted by Crippen LogP contribution is 2.20. The number of carbonyl (C=O) groups excluding carboxylic acids is 1. The van der Waals surface area contributed by atoms with E-state index in [1.165, 1.54) is 24.1 Å². The van der Waals surface area contributed by atoms with Crippen LogP contribution >= 0.6 is 0 Å². The zero-order valence-electron chi connectivity index (χ0n) is 12.2. The van der Waals surface area contributed by atoms with Gasteiger partial charge in [-0.1, -0.05) is 13.8 Å². The molecule has 0 spiro atoms. The SMILES string of the molecule is CCC(CC)N(CCO)C(=O)c1ccc(OC)cc1F. The van der Waals surface area contributed by atoms with Crippen LogP contribution < -0.4 is 4.74 Å². The van der Waals surface area contributed by atoms with E-state index < -0.39 is 11.7 Å². The minimum absolute atomic E-state index is 0.00356. The van der Waals surface area contributed by atoms with Gasteiger partial charge in [0, 0.05) is 18.7 Å². The Morgan fingerprint density at radius 3 is 2.50 bits per heavy atom. The van der Waals surface area contributed by atoms with Gasteiger partial charge in [0.15, 0.2) is 0 Å². The zero-order valence-corrected chi connectivity index (χ0v) is 12.2. The monoisotopic (exact) mass is 283 g/mol. The number of rotatable bonds is 7. The van der Waals surface area contributed by atoms with Gasteiger partial charge in [-0.25, -0.2) is 4.39 Å². The first-order valence-corrected chi connectivity index (χ1v) is 6.84. The molecule has 0 radical (unpaired) electrons. The highest BCUT2D eigenvalue weighted by molar-refractivity contribution is 5.94. The Bertz CT molecular complexity index is 447. The Hall–Kier alpha value is -1.62. The summed E-state index contributed by atoms with van der Waals surface area (Å²) < 4.78 is 18.9. The number of hydrogen-bond donors (Lipinski definition) is 1. The first-order chi connectivity index (χ1) is 9.58. The van der Waals surface area contributed by atoms with Gasteiger partial charge in [-0.3, -0.25) is 4.79 Å². The van der Waals surface area contributed by atoms with Crippen LogP contribution in [0.4, 0.5) is 4.39 Å². The average Bonchev–Trinajstić information content (AvgIpc) is 2.46. The summed E-state index contributed by atoms with van der Waals surface area (Å²) in [5, 5.41) is 9.12. The van der Waals surface area contributed by atoms with Crippen molar-refractivity contribution in [2.45, 2.75) is 32.7 Å². The lowest BCUT2D eigenvalue weighted by Gasteiger charge is -2.30. The summed E-state index contributed by atoms with van der Waals surface area (Å²) in [5.74, 6) is -0.633. The predicted octanol–water partition coefficient (Wildman–Crippen LogP) is 2.46. The molecule has 0 heterocycles. The smallest absolute Gasteiger partial charge is 0.257 e. The van der Waals surface area contributed by atoms with E-state index in [2.05, 4.69) is 0 Å². The van der Waals surface area contributed by atoms with Gasteiger partial charge in [-0.05, 0) is 25.0 Å². The van der Waals surface area contributed by atoms with E-state index in [0.29, 0.717) is 5.75 Å². The zero-order chi connectivity index (χ0) is 15.1. The average molecular weight is 283 g/mol. The molecule has 0 aliphatic rings. The van der Waals surface area contributed by atoms with E-state index in [9.17, 15) is 9.18 Å². The van der Waals surface area contributed by atoms with Crippen molar-refractivity contribution in [2.75, 3.05) is 20.3 Å². The van der Waals surface area contributed by atoms with E-state index in [4.69, 9.17) is 9.84 Å². The molecule has 1 N–H and O–H groups in total. The minimum Gasteiger partial charge on any atom is -0.497 e. The van der Waals surface area contributed by atoms with Crippen molar-refractivity contribution in [3.63, 3.8) is 0 Å². The fourth-order valence-corrected chi connectivity index (χ4v) is 2.24. The lowest BCUT2D eigenvalue weighted by Crippen LogP contribution is -2.41. The van der Waals surface area contributed by atoms with E-state index >= 15 is 0 Å². The number of halogens is 1. The third-order valence-corrected chi connectivity index (χ3v) is 3.39. The van der Waals surface area contributed by atoms with Crippen LogP contribution in [-0.4, -0.2) is 42.2 Å². The first kappa shape index (κ1) is 16.4.